The van der Waals surface area contributed by atoms with Gasteiger partial charge in [0, 0.05) is 19.3 Å². The number of ether oxygens (including phenoxy) is 3. The Kier molecular flexibility index (Phi) is 55.5. The lowest BCUT2D eigenvalue weighted by atomic mass is 10.1. The fourth-order valence-electron chi connectivity index (χ4n) is 7.54. The summed E-state index contributed by atoms with van der Waals surface area (Å²) in [6.45, 7) is 4.28. The van der Waals surface area contributed by atoms with Gasteiger partial charge in [-0.1, -0.05) is 219 Å². The predicted octanol–water partition coefficient (Wildman–Crippen LogP) is 18.1. The number of aliphatic hydroxyl groups is 1. The van der Waals surface area contributed by atoms with Crippen LogP contribution in [0.1, 0.15) is 226 Å². The molecule has 0 spiro atoms. The number of hydrogen-bond donors (Lipinski definition) is 2. The fraction of sp³-hybridized carbons (Fsp3) is 0.621. The van der Waals surface area contributed by atoms with Crippen LogP contribution in [0.4, 0.5) is 0 Å². The van der Waals surface area contributed by atoms with Crippen molar-refractivity contribution in [2.24, 2.45) is 0 Å². The molecule has 0 rings (SSSR count). The summed E-state index contributed by atoms with van der Waals surface area (Å²) in [5.41, 5.74) is 0. The van der Waals surface area contributed by atoms with Gasteiger partial charge in [-0.15, -0.1) is 0 Å². The van der Waals surface area contributed by atoms with Crippen molar-refractivity contribution in [3.8, 4) is 0 Å². The molecule has 0 amide bonds. The predicted molar refractivity (Wildman–Crippen MR) is 325 cm³/mol. The minimum Gasteiger partial charge on any atom is -0.462 e. The van der Waals surface area contributed by atoms with Gasteiger partial charge >= 0.3 is 25.7 Å². The van der Waals surface area contributed by atoms with Crippen molar-refractivity contribution in [1.82, 2.24) is 0 Å². The zero-order valence-electron chi connectivity index (χ0n) is 48.8. The lowest BCUT2D eigenvalue weighted by molar-refractivity contribution is -0.161. The standard InChI is InChI=1S/C66H107O11P/c1-4-7-10-13-16-19-22-25-28-30-31-33-36-39-42-45-48-51-54-57-66(70)77-63(59-73-64(68)55-52-49-46-43-40-37-35-32-29-26-23-20-17-14-11-8-5-2)61-75-78(71,72)74-60-62(58-67)76-65(69)56-53-50-47-44-41-38-34-27-24-21-18-15-12-9-6-3/h7-8,10-11,16-17,19-20,25-29,31,33-35,37,39,42,48,51,62-63,67H,4-6,9,12-15,18,21-24,30,32,36,38,40-41,43-47,49-50,52-61H2,1-3H3,(H,71,72)/b10-7-,11-8-,19-16-,20-17-,28-25-,29-26-,33-31-,34-27-,37-35-,42-39-,51-48-. The van der Waals surface area contributed by atoms with Crippen LogP contribution in [0.3, 0.4) is 0 Å². The molecule has 0 radical (unpaired) electrons. The van der Waals surface area contributed by atoms with Crippen LogP contribution in [0.25, 0.3) is 0 Å². The van der Waals surface area contributed by atoms with E-state index in [1.807, 2.05) is 12.2 Å². The zero-order valence-corrected chi connectivity index (χ0v) is 49.7. The Balaban J connectivity index is 4.90. The van der Waals surface area contributed by atoms with Crippen LogP contribution >= 0.6 is 7.82 Å². The third kappa shape index (κ3) is 56.3. The van der Waals surface area contributed by atoms with Gasteiger partial charge in [0.2, 0.25) is 0 Å². The van der Waals surface area contributed by atoms with Crippen LogP contribution in [0.15, 0.2) is 134 Å². The first-order valence-corrected chi connectivity index (χ1v) is 31.6. The van der Waals surface area contributed by atoms with Gasteiger partial charge in [-0.05, 0) is 122 Å². The summed E-state index contributed by atoms with van der Waals surface area (Å²) in [4.78, 5) is 48.6. The number of phosphoric acid groups is 1. The maximum absolute atomic E-state index is 12.9. The second-order valence-corrected chi connectivity index (χ2v) is 20.8. The van der Waals surface area contributed by atoms with Crippen molar-refractivity contribution < 1.29 is 52.2 Å². The monoisotopic (exact) mass is 1110 g/mol. The molecular weight excluding hydrogens is 1000 g/mol. The molecule has 0 aromatic heterocycles. The van der Waals surface area contributed by atoms with Crippen molar-refractivity contribution in [3.63, 3.8) is 0 Å². The maximum atomic E-state index is 12.9. The van der Waals surface area contributed by atoms with Crippen molar-refractivity contribution in [2.45, 2.75) is 238 Å². The van der Waals surface area contributed by atoms with Crippen molar-refractivity contribution in [1.29, 1.82) is 0 Å². The van der Waals surface area contributed by atoms with Crippen LogP contribution in [0.2, 0.25) is 0 Å². The van der Waals surface area contributed by atoms with E-state index in [4.69, 9.17) is 23.3 Å². The molecule has 78 heavy (non-hydrogen) atoms. The summed E-state index contributed by atoms with van der Waals surface area (Å²) in [7, 11) is -4.79. The average molecular weight is 1110 g/mol. The van der Waals surface area contributed by atoms with Gasteiger partial charge in [0.25, 0.3) is 0 Å². The number of carbonyl (C=O) groups excluding carboxylic acids is 3. The summed E-state index contributed by atoms with van der Waals surface area (Å²) in [6, 6.07) is 0. The maximum Gasteiger partial charge on any atom is 0.472 e. The lowest BCUT2D eigenvalue weighted by Crippen LogP contribution is -2.30. The largest absolute Gasteiger partial charge is 0.472 e. The Labute approximate surface area is 474 Å². The molecule has 0 aliphatic rings. The number of phosphoric ester groups is 1. The van der Waals surface area contributed by atoms with Crippen LogP contribution in [-0.4, -0.2) is 66.5 Å². The van der Waals surface area contributed by atoms with E-state index >= 15 is 0 Å². The summed E-state index contributed by atoms with van der Waals surface area (Å²) in [6.07, 6.45) is 74.2. The average Bonchev–Trinajstić information content (AvgIpc) is 3.43. The highest BCUT2D eigenvalue weighted by atomic mass is 31.2. The number of carbonyl (C=O) groups is 3. The highest BCUT2D eigenvalue weighted by molar-refractivity contribution is 7.47. The molecule has 0 saturated heterocycles. The summed E-state index contributed by atoms with van der Waals surface area (Å²) in [5.74, 6) is -1.62. The molecule has 0 aromatic carbocycles. The van der Waals surface area contributed by atoms with E-state index in [1.165, 1.54) is 38.5 Å². The van der Waals surface area contributed by atoms with E-state index in [9.17, 15) is 28.9 Å². The zero-order chi connectivity index (χ0) is 56.9. The Morgan fingerprint density at radius 3 is 1.12 bits per heavy atom. The molecule has 11 nitrogen and oxygen atoms in total. The lowest BCUT2D eigenvalue weighted by Gasteiger charge is -2.21. The minimum atomic E-state index is -4.79. The quantitative estimate of drug-likeness (QED) is 0.0197. The molecule has 0 aromatic rings. The molecule has 3 unspecified atom stereocenters. The first-order chi connectivity index (χ1) is 38.2. The Hall–Kier alpha value is -4.38. The third-order valence-corrected chi connectivity index (χ3v) is 13.0. The molecule has 0 aliphatic carbocycles. The molecule has 0 bridgehead atoms. The van der Waals surface area contributed by atoms with Crippen LogP contribution in [0, 0.1) is 0 Å². The summed E-state index contributed by atoms with van der Waals surface area (Å²) >= 11 is 0. The smallest absolute Gasteiger partial charge is 0.462 e. The van der Waals surface area contributed by atoms with E-state index in [2.05, 4.69) is 142 Å². The number of allylic oxidation sites excluding steroid dienone is 22. The molecule has 0 aliphatic heterocycles. The van der Waals surface area contributed by atoms with E-state index < -0.39 is 57.8 Å². The fourth-order valence-corrected chi connectivity index (χ4v) is 8.33. The Morgan fingerprint density at radius 2 is 0.692 bits per heavy atom. The molecule has 0 heterocycles. The van der Waals surface area contributed by atoms with Gasteiger partial charge in [-0.3, -0.25) is 23.4 Å². The van der Waals surface area contributed by atoms with Crippen molar-refractivity contribution in [3.05, 3.63) is 134 Å². The topological polar surface area (TPSA) is 155 Å². The highest BCUT2D eigenvalue weighted by Crippen LogP contribution is 2.43. The number of aliphatic hydroxyl groups excluding tert-OH is 1. The number of esters is 3. The van der Waals surface area contributed by atoms with Crippen LogP contribution < -0.4 is 0 Å². The van der Waals surface area contributed by atoms with Gasteiger partial charge in [0.05, 0.1) is 19.8 Å². The molecule has 0 fully saturated rings. The Morgan fingerprint density at radius 1 is 0.372 bits per heavy atom. The molecule has 12 heteroatoms. The van der Waals surface area contributed by atoms with Gasteiger partial charge in [0.15, 0.2) is 6.10 Å². The van der Waals surface area contributed by atoms with Crippen molar-refractivity contribution >= 4 is 25.7 Å². The molecular formula is C66H107O11P. The first-order valence-electron chi connectivity index (χ1n) is 30.1. The number of rotatable bonds is 54. The van der Waals surface area contributed by atoms with E-state index in [0.29, 0.717) is 25.7 Å². The first kappa shape index (κ1) is 73.6. The summed E-state index contributed by atoms with van der Waals surface area (Å²) in [5, 5.41) is 9.83. The molecule has 2 N–H and O–H groups in total. The normalized spacial score (nSPS) is 14.3. The van der Waals surface area contributed by atoms with Gasteiger partial charge in [0.1, 0.15) is 12.7 Å². The van der Waals surface area contributed by atoms with E-state index in [-0.39, 0.29) is 25.9 Å². The molecule has 442 valence electrons. The van der Waals surface area contributed by atoms with Crippen molar-refractivity contribution in [2.75, 3.05) is 26.4 Å². The van der Waals surface area contributed by atoms with Gasteiger partial charge in [-0.25, -0.2) is 4.57 Å². The third-order valence-electron chi connectivity index (χ3n) is 12.1. The number of hydrogen-bond acceptors (Lipinski definition) is 10. The highest BCUT2D eigenvalue weighted by Gasteiger charge is 2.28. The number of unbranched alkanes of at least 4 members (excludes halogenated alkanes) is 15. The second-order valence-electron chi connectivity index (χ2n) is 19.4. The SMILES string of the molecule is CC/C=C\C/C=C\C/C=C\C/C=C\C/C=C\C/C=C\CCC(=O)OC(COC(=O)CCCCCC/C=C\C/C=C\C/C=C\C/C=C\CC)COP(=O)(O)OCC(CO)OC(=O)CCCCCCC/C=C\CCCCCCCC. The van der Waals surface area contributed by atoms with Crippen LogP contribution in [0.5, 0.6) is 0 Å². The second kappa shape index (κ2) is 58.8. The minimum absolute atomic E-state index is 0.0291. The molecule has 0 saturated carbocycles. The Bertz CT molecular complexity index is 1820. The van der Waals surface area contributed by atoms with E-state index in [0.717, 1.165) is 122 Å². The van der Waals surface area contributed by atoms with Gasteiger partial charge < -0.3 is 24.2 Å². The van der Waals surface area contributed by atoms with E-state index in [1.54, 1.807) is 0 Å². The summed E-state index contributed by atoms with van der Waals surface area (Å²) < 4.78 is 39.5. The van der Waals surface area contributed by atoms with Crippen LogP contribution in [-0.2, 0) is 42.2 Å². The molecule has 3 atom stereocenters. The van der Waals surface area contributed by atoms with Gasteiger partial charge in [-0.2, -0.15) is 0 Å².